The molecule has 0 atom stereocenters. The Bertz CT molecular complexity index is 1440. The van der Waals surface area contributed by atoms with Crippen LogP contribution in [0.2, 0.25) is 0 Å². The molecule has 1 aromatic heterocycles. The maximum Gasteiger partial charge on any atom is 0.277 e. The van der Waals surface area contributed by atoms with Gasteiger partial charge in [-0.25, -0.2) is 5.43 Å². The number of aromatic nitrogens is 1. The molecule has 0 unspecified atom stereocenters. The number of fused-ring (bicyclic) bond motifs is 1. The van der Waals surface area contributed by atoms with Gasteiger partial charge in [-0.05, 0) is 59.3 Å². The minimum Gasteiger partial charge on any atom is -0.490 e. The van der Waals surface area contributed by atoms with Crippen molar-refractivity contribution in [2.45, 2.75) is 6.92 Å². The molecule has 0 saturated carbocycles. The molecule has 0 aliphatic carbocycles. The lowest BCUT2D eigenvalue weighted by atomic mass is 10.2. The summed E-state index contributed by atoms with van der Waals surface area (Å²) in [6, 6.07) is 21.8. The number of benzene rings is 3. The Hall–Kier alpha value is -4.44. The number of ether oxygens (including phenoxy) is 3. The summed E-state index contributed by atoms with van der Waals surface area (Å²) in [6.45, 7) is 1.81. The van der Waals surface area contributed by atoms with E-state index in [2.05, 4.69) is 36.8 Å². The minimum atomic E-state index is -0.431. The van der Waals surface area contributed by atoms with Gasteiger partial charge in [0.05, 0.1) is 12.8 Å². The summed E-state index contributed by atoms with van der Waals surface area (Å²) in [5.41, 5.74) is 4.44. The smallest absolute Gasteiger partial charge is 0.277 e. The molecule has 194 valence electrons. The number of hydrogen-bond acceptors (Lipinski definition) is 7. The van der Waals surface area contributed by atoms with Crippen LogP contribution in [0, 0.1) is 0 Å². The van der Waals surface area contributed by atoms with Crippen LogP contribution in [0.4, 0.5) is 5.69 Å². The third kappa shape index (κ3) is 7.30. The molecule has 0 fully saturated rings. The van der Waals surface area contributed by atoms with Crippen LogP contribution in [0.25, 0.3) is 10.9 Å². The average molecular weight is 577 g/mol. The number of hydrogen-bond donors (Lipinski definition) is 2. The normalized spacial score (nSPS) is 10.8. The third-order valence-corrected chi connectivity index (χ3v) is 5.81. The van der Waals surface area contributed by atoms with Gasteiger partial charge < -0.3 is 19.5 Å². The quantitative estimate of drug-likeness (QED) is 0.193. The first-order valence-electron chi connectivity index (χ1n) is 11.8. The van der Waals surface area contributed by atoms with E-state index in [-0.39, 0.29) is 19.1 Å². The second kappa shape index (κ2) is 13.2. The zero-order valence-electron chi connectivity index (χ0n) is 20.5. The fraction of sp³-hybridized carbons (Fsp3) is 0.143. The summed E-state index contributed by atoms with van der Waals surface area (Å²) in [5.74, 6) is 0.603. The van der Waals surface area contributed by atoms with E-state index in [1.54, 1.807) is 36.5 Å². The molecule has 0 aliphatic rings. The second-order valence-electron chi connectivity index (χ2n) is 7.87. The Labute approximate surface area is 227 Å². The van der Waals surface area contributed by atoms with Gasteiger partial charge in [0.2, 0.25) is 0 Å². The van der Waals surface area contributed by atoms with Crippen molar-refractivity contribution < 1.29 is 23.8 Å². The molecule has 4 aromatic rings. The summed E-state index contributed by atoms with van der Waals surface area (Å²) in [5, 5.41) is 7.70. The first-order chi connectivity index (χ1) is 18.5. The van der Waals surface area contributed by atoms with E-state index in [4.69, 9.17) is 14.2 Å². The minimum absolute atomic E-state index is 0.197. The van der Waals surface area contributed by atoms with Crippen LogP contribution in [-0.2, 0) is 9.59 Å². The molecule has 4 rings (SSSR count). The standard InChI is InChI=1S/C28H25BrN4O5/c1-2-36-24-14-20(22(29)15-25(24)38-17-26(34)32-21-10-4-3-5-11-21)16-31-33-27(35)18-37-23-12-6-8-19-9-7-13-30-28(19)23/h3-16H,2,17-18H2,1H3,(H,32,34)(H,33,35)/b31-16+. The number of para-hydroxylation sites is 2. The Morgan fingerprint density at radius 2 is 1.63 bits per heavy atom. The zero-order chi connectivity index (χ0) is 26.7. The predicted octanol–water partition coefficient (Wildman–Crippen LogP) is 4.94. The molecule has 0 radical (unpaired) electrons. The van der Waals surface area contributed by atoms with Gasteiger partial charge in [-0.2, -0.15) is 5.10 Å². The molecule has 3 aromatic carbocycles. The second-order valence-corrected chi connectivity index (χ2v) is 8.72. The van der Waals surface area contributed by atoms with Crippen molar-refractivity contribution in [3.05, 3.63) is 89.0 Å². The lowest BCUT2D eigenvalue weighted by Crippen LogP contribution is -2.24. The zero-order valence-corrected chi connectivity index (χ0v) is 22.1. The number of carbonyl (C=O) groups is 2. The molecule has 0 spiro atoms. The van der Waals surface area contributed by atoms with Gasteiger partial charge in [0.25, 0.3) is 11.8 Å². The monoisotopic (exact) mass is 576 g/mol. The van der Waals surface area contributed by atoms with E-state index >= 15 is 0 Å². The van der Waals surface area contributed by atoms with Crippen molar-refractivity contribution in [2.75, 3.05) is 25.1 Å². The predicted molar refractivity (Wildman–Crippen MR) is 149 cm³/mol. The molecule has 0 bridgehead atoms. The number of carbonyl (C=O) groups excluding carboxylic acids is 2. The van der Waals surface area contributed by atoms with Crippen molar-refractivity contribution in [2.24, 2.45) is 5.10 Å². The van der Waals surface area contributed by atoms with Crippen LogP contribution in [-0.4, -0.2) is 42.8 Å². The highest BCUT2D eigenvalue weighted by atomic mass is 79.9. The SMILES string of the molecule is CCOc1cc(/C=N/NC(=O)COc2cccc3cccnc23)c(Br)cc1OCC(=O)Nc1ccccc1. The van der Waals surface area contributed by atoms with Crippen molar-refractivity contribution in [1.82, 2.24) is 10.4 Å². The van der Waals surface area contributed by atoms with Gasteiger partial charge >= 0.3 is 0 Å². The summed E-state index contributed by atoms with van der Waals surface area (Å²) in [4.78, 5) is 28.8. The van der Waals surface area contributed by atoms with Gasteiger partial charge in [0, 0.05) is 27.3 Å². The fourth-order valence-corrected chi connectivity index (χ4v) is 3.86. The molecule has 9 nitrogen and oxygen atoms in total. The van der Waals surface area contributed by atoms with Crippen molar-refractivity contribution >= 4 is 50.5 Å². The number of amides is 2. The summed E-state index contributed by atoms with van der Waals surface area (Å²) in [6.07, 6.45) is 3.14. The number of nitrogens with one attached hydrogen (secondary N) is 2. The number of halogens is 1. The fourth-order valence-electron chi connectivity index (χ4n) is 3.43. The van der Waals surface area contributed by atoms with Crippen LogP contribution in [0.1, 0.15) is 12.5 Å². The van der Waals surface area contributed by atoms with Crippen LogP contribution >= 0.6 is 15.9 Å². The van der Waals surface area contributed by atoms with E-state index in [9.17, 15) is 9.59 Å². The van der Waals surface area contributed by atoms with Gasteiger partial charge in [-0.3, -0.25) is 14.6 Å². The lowest BCUT2D eigenvalue weighted by Gasteiger charge is -2.14. The third-order valence-electron chi connectivity index (χ3n) is 5.13. The topological polar surface area (TPSA) is 111 Å². The molecule has 0 saturated heterocycles. The number of pyridine rings is 1. The summed E-state index contributed by atoms with van der Waals surface area (Å²) < 4.78 is 17.7. The molecule has 1 heterocycles. The Balaban J connectivity index is 1.34. The largest absolute Gasteiger partial charge is 0.490 e. The molecule has 2 amide bonds. The maximum atomic E-state index is 12.3. The van der Waals surface area contributed by atoms with Gasteiger partial charge in [-0.15, -0.1) is 0 Å². The molecule has 2 N–H and O–H groups in total. The lowest BCUT2D eigenvalue weighted by molar-refractivity contribution is -0.123. The number of anilines is 1. The van der Waals surface area contributed by atoms with E-state index in [0.29, 0.717) is 45.1 Å². The Morgan fingerprint density at radius 1 is 0.895 bits per heavy atom. The van der Waals surface area contributed by atoms with E-state index in [1.165, 1.54) is 6.21 Å². The molecule has 0 aliphatic heterocycles. The number of nitrogens with zero attached hydrogens (tertiary/aromatic N) is 2. The highest BCUT2D eigenvalue weighted by molar-refractivity contribution is 9.10. The van der Waals surface area contributed by atoms with Crippen molar-refractivity contribution in [1.29, 1.82) is 0 Å². The van der Waals surface area contributed by atoms with E-state index in [1.807, 2.05) is 49.4 Å². The van der Waals surface area contributed by atoms with Gasteiger partial charge in [0.15, 0.2) is 24.7 Å². The molecule has 10 heteroatoms. The number of hydrazone groups is 1. The summed E-state index contributed by atoms with van der Waals surface area (Å²) in [7, 11) is 0. The maximum absolute atomic E-state index is 12.3. The van der Waals surface area contributed by atoms with Crippen LogP contribution < -0.4 is 25.0 Å². The van der Waals surface area contributed by atoms with Crippen LogP contribution in [0.15, 0.2) is 88.6 Å². The highest BCUT2D eigenvalue weighted by Crippen LogP contribution is 2.33. The van der Waals surface area contributed by atoms with E-state index < -0.39 is 5.91 Å². The van der Waals surface area contributed by atoms with E-state index in [0.717, 1.165) is 5.39 Å². The first-order valence-corrected chi connectivity index (χ1v) is 12.5. The molecular weight excluding hydrogens is 552 g/mol. The highest BCUT2D eigenvalue weighted by Gasteiger charge is 2.13. The number of rotatable bonds is 11. The molecule has 38 heavy (non-hydrogen) atoms. The molecular formula is C28H25BrN4O5. The van der Waals surface area contributed by atoms with Gasteiger partial charge in [0.1, 0.15) is 11.3 Å². The average Bonchev–Trinajstić information content (AvgIpc) is 2.93. The van der Waals surface area contributed by atoms with Crippen LogP contribution in [0.5, 0.6) is 17.2 Å². The Kier molecular flexibility index (Phi) is 9.25. The van der Waals surface area contributed by atoms with Crippen molar-refractivity contribution in [3.63, 3.8) is 0 Å². The Morgan fingerprint density at radius 3 is 2.45 bits per heavy atom. The summed E-state index contributed by atoms with van der Waals surface area (Å²) >= 11 is 3.47. The van der Waals surface area contributed by atoms with Gasteiger partial charge in [-0.1, -0.05) is 36.4 Å². The van der Waals surface area contributed by atoms with Crippen LogP contribution in [0.3, 0.4) is 0 Å². The first kappa shape index (κ1) is 26.6. The van der Waals surface area contributed by atoms with Crippen molar-refractivity contribution in [3.8, 4) is 17.2 Å².